The SMILES string of the molecule is Cc1ccc(F)c(NC(=O)NCC(C)(O)C(=O)O)c1F. The van der Waals surface area contributed by atoms with Crippen molar-refractivity contribution in [2.75, 3.05) is 11.9 Å². The summed E-state index contributed by atoms with van der Waals surface area (Å²) in [5, 5.41) is 21.9. The predicted molar refractivity (Wildman–Crippen MR) is 66.4 cm³/mol. The zero-order valence-corrected chi connectivity index (χ0v) is 10.8. The third kappa shape index (κ3) is 3.64. The van der Waals surface area contributed by atoms with E-state index in [4.69, 9.17) is 5.11 Å². The standard InChI is InChI=1S/C12H14F2N2O4/c1-6-3-4-7(13)9(8(6)14)16-11(19)15-5-12(2,20)10(17)18/h3-4,20H,5H2,1-2H3,(H,17,18)(H2,15,16,19). The summed E-state index contributed by atoms with van der Waals surface area (Å²) in [5.41, 5.74) is -2.68. The number of halogens is 2. The molecule has 1 atom stereocenters. The van der Waals surface area contributed by atoms with Gasteiger partial charge in [0.1, 0.15) is 11.5 Å². The van der Waals surface area contributed by atoms with E-state index in [1.54, 1.807) is 0 Å². The van der Waals surface area contributed by atoms with Crippen molar-refractivity contribution in [3.8, 4) is 0 Å². The molecule has 110 valence electrons. The predicted octanol–water partition coefficient (Wildman–Crippen LogP) is 1.23. The number of aryl methyl sites for hydroxylation is 1. The topological polar surface area (TPSA) is 98.7 Å². The van der Waals surface area contributed by atoms with Crippen LogP contribution in [0.3, 0.4) is 0 Å². The van der Waals surface area contributed by atoms with Crippen molar-refractivity contribution in [3.63, 3.8) is 0 Å². The highest BCUT2D eigenvalue weighted by molar-refractivity contribution is 5.90. The fourth-order valence-electron chi connectivity index (χ4n) is 1.26. The molecule has 1 rings (SSSR count). The summed E-state index contributed by atoms with van der Waals surface area (Å²) in [6.07, 6.45) is 0. The summed E-state index contributed by atoms with van der Waals surface area (Å²) in [7, 11) is 0. The van der Waals surface area contributed by atoms with E-state index in [2.05, 4.69) is 0 Å². The van der Waals surface area contributed by atoms with Crippen LogP contribution in [0.1, 0.15) is 12.5 Å². The number of nitrogens with one attached hydrogen (secondary N) is 2. The third-order valence-corrected chi connectivity index (χ3v) is 2.58. The number of anilines is 1. The average molecular weight is 288 g/mol. The van der Waals surface area contributed by atoms with Gasteiger partial charge in [-0.2, -0.15) is 0 Å². The molecule has 0 spiro atoms. The third-order valence-electron chi connectivity index (χ3n) is 2.58. The minimum absolute atomic E-state index is 0.138. The van der Waals surface area contributed by atoms with Crippen LogP contribution in [-0.4, -0.2) is 34.4 Å². The molecule has 0 fully saturated rings. The molecule has 1 aromatic rings. The molecular formula is C12H14F2N2O4. The summed E-state index contributed by atoms with van der Waals surface area (Å²) >= 11 is 0. The zero-order valence-electron chi connectivity index (χ0n) is 10.8. The average Bonchev–Trinajstić information content (AvgIpc) is 2.37. The second-order valence-electron chi connectivity index (χ2n) is 4.44. The molecule has 1 aromatic carbocycles. The summed E-state index contributed by atoms with van der Waals surface area (Å²) in [6.45, 7) is 1.75. The first kappa shape index (κ1) is 15.8. The zero-order chi connectivity index (χ0) is 15.5. The maximum absolute atomic E-state index is 13.6. The highest BCUT2D eigenvalue weighted by atomic mass is 19.1. The number of rotatable bonds is 4. The molecule has 2 amide bonds. The molecule has 20 heavy (non-hydrogen) atoms. The van der Waals surface area contributed by atoms with Gasteiger partial charge in [-0.1, -0.05) is 6.07 Å². The molecule has 0 aliphatic rings. The molecule has 0 saturated heterocycles. The molecule has 8 heteroatoms. The Hall–Kier alpha value is -2.22. The first-order chi connectivity index (χ1) is 9.15. The Morgan fingerprint density at radius 1 is 1.35 bits per heavy atom. The lowest BCUT2D eigenvalue weighted by Crippen LogP contribution is -2.47. The van der Waals surface area contributed by atoms with Gasteiger partial charge in [0.15, 0.2) is 11.4 Å². The van der Waals surface area contributed by atoms with Gasteiger partial charge >= 0.3 is 12.0 Å². The van der Waals surface area contributed by atoms with Gasteiger partial charge < -0.3 is 20.8 Å². The van der Waals surface area contributed by atoms with Crippen molar-refractivity contribution >= 4 is 17.7 Å². The van der Waals surface area contributed by atoms with Crippen LogP contribution in [0.15, 0.2) is 12.1 Å². The fourth-order valence-corrected chi connectivity index (χ4v) is 1.26. The van der Waals surface area contributed by atoms with Crippen LogP contribution in [-0.2, 0) is 4.79 Å². The van der Waals surface area contributed by atoms with Gasteiger partial charge in [-0.05, 0) is 25.5 Å². The van der Waals surface area contributed by atoms with Crippen LogP contribution in [0.5, 0.6) is 0 Å². The summed E-state index contributed by atoms with van der Waals surface area (Å²) in [4.78, 5) is 22.0. The fraction of sp³-hybridized carbons (Fsp3) is 0.333. The Balaban J connectivity index is 2.73. The van der Waals surface area contributed by atoms with E-state index in [-0.39, 0.29) is 5.56 Å². The molecular weight excluding hydrogens is 274 g/mol. The Kier molecular flexibility index (Phi) is 4.61. The van der Waals surface area contributed by atoms with Crippen LogP contribution < -0.4 is 10.6 Å². The number of hydrogen-bond donors (Lipinski definition) is 4. The van der Waals surface area contributed by atoms with Crippen LogP contribution in [0.2, 0.25) is 0 Å². The summed E-state index contributed by atoms with van der Waals surface area (Å²) in [5.74, 6) is -3.43. The van der Waals surface area contributed by atoms with Gasteiger partial charge in [0.05, 0.1) is 6.54 Å². The van der Waals surface area contributed by atoms with E-state index in [1.807, 2.05) is 10.6 Å². The molecule has 0 aromatic heterocycles. The number of urea groups is 1. The number of carbonyl (C=O) groups excluding carboxylic acids is 1. The van der Waals surface area contributed by atoms with E-state index in [9.17, 15) is 23.5 Å². The van der Waals surface area contributed by atoms with Gasteiger partial charge in [-0.15, -0.1) is 0 Å². The van der Waals surface area contributed by atoms with E-state index in [0.29, 0.717) is 0 Å². The summed E-state index contributed by atoms with van der Waals surface area (Å²) < 4.78 is 27.0. The number of carboxylic acid groups (broad SMARTS) is 1. The Morgan fingerprint density at radius 2 is 1.95 bits per heavy atom. The van der Waals surface area contributed by atoms with E-state index in [1.165, 1.54) is 13.0 Å². The normalized spacial score (nSPS) is 13.4. The lowest BCUT2D eigenvalue weighted by molar-refractivity contribution is -0.155. The lowest BCUT2D eigenvalue weighted by atomic mass is 10.1. The van der Waals surface area contributed by atoms with E-state index < -0.39 is 41.5 Å². The molecule has 6 nitrogen and oxygen atoms in total. The van der Waals surface area contributed by atoms with Crippen molar-refractivity contribution in [2.24, 2.45) is 0 Å². The maximum Gasteiger partial charge on any atom is 0.337 e. The van der Waals surface area contributed by atoms with Gasteiger partial charge in [-0.25, -0.2) is 18.4 Å². The minimum Gasteiger partial charge on any atom is -0.479 e. The van der Waals surface area contributed by atoms with Crippen molar-refractivity contribution in [2.45, 2.75) is 19.4 Å². The van der Waals surface area contributed by atoms with Crippen molar-refractivity contribution in [3.05, 3.63) is 29.3 Å². The number of aliphatic hydroxyl groups is 1. The highest BCUT2D eigenvalue weighted by Gasteiger charge is 2.30. The number of carboxylic acids is 1. The molecule has 1 unspecified atom stereocenters. The van der Waals surface area contributed by atoms with E-state index >= 15 is 0 Å². The molecule has 4 N–H and O–H groups in total. The molecule has 0 heterocycles. The largest absolute Gasteiger partial charge is 0.479 e. The van der Waals surface area contributed by atoms with Gasteiger partial charge in [0, 0.05) is 0 Å². The first-order valence-electron chi connectivity index (χ1n) is 5.60. The molecule has 0 aliphatic heterocycles. The Bertz CT molecular complexity index is 547. The first-order valence-corrected chi connectivity index (χ1v) is 5.60. The lowest BCUT2D eigenvalue weighted by Gasteiger charge is -2.18. The monoisotopic (exact) mass is 288 g/mol. The van der Waals surface area contributed by atoms with Crippen LogP contribution in [0.4, 0.5) is 19.3 Å². The van der Waals surface area contributed by atoms with Crippen molar-refractivity contribution < 1.29 is 28.6 Å². The van der Waals surface area contributed by atoms with Crippen LogP contribution >= 0.6 is 0 Å². The van der Waals surface area contributed by atoms with Gasteiger partial charge in [0.25, 0.3) is 0 Å². The minimum atomic E-state index is -2.18. The Labute approximate surface area is 113 Å². The van der Waals surface area contributed by atoms with Crippen molar-refractivity contribution in [1.82, 2.24) is 5.32 Å². The number of aliphatic carboxylic acids is 1. The van der Waals surface area contributed by atoms with Crippen LogP contribution in [0.25, 0.3) is 0 Å². The molecule has 0 radical (unpaired) electrons. The Morgan fingerprint density at radius 3 is 2.50 bits per heavy atom. The number of amides is 2. The second kappa shape index (κ2) is 5.83. The van der Waals surface area contributed by atoms with E-state index in [0.717, 1.165) is 13.0 Å². The van der Waals surface area contributed by atoms with Gasteiger partial charge in [-0.3, -0.25) is 0 Å². The smallest absolute Gasteiger partial charge is 0.337 e. The van der Waals surface area contributed by atoms with Gasteiger partial charge in [0.2, 0.25) is 0 Å². The maximum atomic E-state index is 13.6. The highest BCUT2D eigenvalue weighted by Crippen LogP contribution is 2.21. The summed E-state index contributed by atoms with van der Waals surface area (Å²) in [6, 6.07) is 1.17. The van der Waals surface area contributed by atoms with Crippen LogP contribution in [0, 0.1) is 18.6 Å². The van der Waals surface area contributed by atoms with Crippen molar-refractivity contribution in [1.29, 1.82) is 0 Å². The molecule has 0 aliphatic carbocycles. The number of benzene rings is 1. The number of hydrogen-bond acceptors (Lipinski definition) is 3. The molecule has 0 saturated carbocycles. The number of carbonyl (C=O) groups is 2. The molecule has 0 bridgehead atoms. The second-order valence-corrected chi connectivity index (χ2v) is 4.44. The quantitative estimate of drug-likeness (QED) is 0.669.